The lowest BCUT2D eigenvalue weighted by molar-refractivity contribution is -0.143. The summed E-state index contributed by atoms with van der Waals surface area (Å²) in [7, 11) is 0. The molecule has 3 saturated carbocycles. The fourth-order valence-electron chi connectivity index (χ4n) is 8.47. The van der Waals surface area contributed by atoms with Crippen molar-refractivity contribution in [1.82, 2.24) is 0 Å². The first-order valence-electron chi connectivity index (χ1n) is 12.4. The van der Waals surface area contributed by atoms with Gasteiger partial charge in [-0.15, -0.1) is 0 Å². The molecule has 0 aromatic heterocycles. The number of hydrogen-bond donors (Lipinski definition) is 1. The first-order chi connectivity index (χ1) is 13.8. The Kier molecular flexibility index (Phi) is 5.92. The summed E-state index contributed by atoms with van der Waals surface area (Å²) in [5, 5.41) is 11.0. The standard InChI is InChI=1S/C26H42O3/c1-5-29-24(28)14-9-17(2)20-12-13-21-19-11-10-18-7-6-8-23(27)26(18,4)22(19)15-16-25(20,21)3/h10,17,19-23,27H,5-9,11-16H2,1-4H3/t17-,19+,20-,21+,22+,23-,25-,26-/m0/s1. The maximum Gasteiger partial charge on any atom is 0.305 e. The molecule has 0 heterocycles. The van der Waals surface area contributed by atoms with Crippen molar-refractivity contribution >= 4 is 5.97 Å². The number of rotatable bonds is 5. The van der Waals surface area contributed by atoms with Gasteiger partial charge in [0.05, 0.1) is 12.7 Å². The van der Waals surface area contributed by atoms with E-state index >= 15 is 0 Å². The van der Waals surface area contributed by atoms with Crippen molar-refractivity contribution in [3.05, 3.63) is 11.6 Å². The molecule has 0 spiro atoms. The summed E-state index contributed by atoms with van der Waals surface area (Å²) in [4.78, 5) is 11.9. The average molecular weight is 403 g/mol. The third-order valence-corrected chi connectivity index (χ3v) is 10.0. The van der Waals surface area contributed by atoms with E-state index in [9.17, 15) is 9.90 Å². The molecule has 4 aliphatic carbocycles. The van der Waals surface area contributed by atoms with Crippen molar-refractivity contribution in [2.75, 3.05) is 6.61 Å². The van der Waals surface area contributed by atoms with Crippen molar-refractivity contribution in [2.45, 2.75) is 98.0 Å². The average Bonchev–Trinajstić information content (AvgIpc) is 3.05. The molecule has 164 valence electrons. The van der Waals surface area contributed by atoms with E-state index in [1.165, 1.54) is 38.5 Å². The van der Waals surface area contributed by atoms with Gasteiger partial charge in [-0.05, 0) is 99.7 Å². The molecule has 3 nitrogen and oxygen atoms in total. The monoisotopic (exact) mass is 402 g/mol. The van der Waals surface area contributed by atoms with Crippen molar-refractivity contribution in [2.24, 2.45) is 40.4 Å². The van der Waals surface area contributed by atoms with E-state index in [4.69, 9.17) is 4.74 Å². The van der Waals surface area contributed by atoms with Crippen molar-refractivity contribution in [1.29, 1.82) is 0 Å². The van der Waals surface area contributed by atoms with E-state index in [0.717, 1.165) is 37.0 Å². The zero-order valence-electron chi connectivity index (χ0n) is 19.1. The van der Waals surface area contributed by atoms with Gasteiger partial charge in [-0.2, -0.15) is 0 Å². The summed E-state index contributed by atoms with van der Waals surface area (Å²) in [6.45, 7) is 9.69. The van der Waals surface area contributed by atoms with Crippen LogP contribution in [0, 0.1) is 40.4 Å². The van der Waals surface area contributed by atoms with Crippen LogP contribution < -0.4 is 0 Å². The molecule has 0 saturated heterocycles. The number of ether oxygens (including phenoxy) is 1. The van der Waals surface area contributed by atoms with E-state index in [-0.39, 0.29) is 17.5 Å². The second-order valence-electron chi connectivity index (χ2n) is 11.1. The van der Waals surface area contributed by atoms with Crippen LogP contribution in [0.2, 0.25) is 0 Å². The summed E-state index contributed by atoms with van der Waals surface area (Å²) >= 11 is 0. The maximum atomic E-state index is 11.9. The highest BCUT2D eigenvalue weighted by Gasteiger charge is 2.60. The van der Waals surface area contributed by atoms with Gasteiger partial charge in [0.15, 0.2) is 0 Å². The van der Waals surface area contributed by atoms with Crippen LogP contribution >= 0.6 is 0 Å². The predicted molar refractivity (Wildman–Crippen MR) is 116 cm³/mol. The van der Waals surface area contributed by atoms with E-state index < -0.39 is 0 Å². The molecule has 4 aliphatic rings. The summed E-state index contributed by atoms with van der Waals surface area (Å²) < 4.78 is 5.16. The largest absolute Gasteiger partial charge is 0.466 e. The lowest BCUT2D eigenvalue weighted by Crippen LogP contribution is -2.54. The minimum atomic E-state index is -0.152. The molecule has 0 radical (unpaired) electrons. The minimum absolute atomic E-state index is 0.0239. The topological polar surface area (TPSA) is 46.5 Å². The Hall–Kier alpha value is -0.830. The van der Waals surface area contributed by atoms with Crippen LogP contribution in [0.5, 0.6) is 0 Å². The Morgan fingerprint density at radius 1 is 1.24 bits per heavy atom. The van der Waals surface area contributed by atoms with Gasteiger partial charge >= 0.3 is 5.97 Å². The third kappa shape index (κ3) is 3.40. The van der Waals surface area contributed by atoms with E-state index in [0.29, 0.717) is 30.3 Å². The van der Waals surface area contributed by atoms with E-state index in [2.05, 4.69) is 26.8 Å². The number of fused-ring (bicyclic) bond motifs is 5. The number of hydrogen-bond acceptors (Lipinski definition) is 3. The molecule has 3 heteroatoms. The van der Waals surface area contributed by atoms with Crippen molar-refractivity contribution in [3.8, 4) is 0 Å². The second kappa shape index (κ2) is 8.02. The van der Waals surface area contributed by atoms with Crippen LogP contribution in [0.15, 0.2) is 11.6 Å². The van der Waals surface area contributed by atoms with Crippen molar-refractivity contribution < 1.29 is 14.6 Å². The molecular weight excluding hydrogens is 360 g/mol. The van der Waals surface area contributed by atoms with Gasteiger partial charge < -0.3 is 9.84 Å². The molecular formula is C26H42O3. The molecule has 0 bridgehead atoms. The van der Waals surface area contributed by atoms with Gasteiger partial charge in [-0.1, -0.05) is 32.4 Å². The highest BCUT2D eigenvalue weighted by molar-refractivity contribution is 5.69. The van der Waals surface area contributed by atoms with Crippen LogP contribution in [0.4, 0.5) is 0 Å². The number of aliphatic hydroxyl groups excluding tert-OH is 1. The predicted octanol–water partition coefficient (Wildman–Crippen LogP) is 5.91. The molecule has 4 rings (SSSR count). The van der Waals surface area contributed by atoms with Crippen LogP contribution in [0.3, 0.4) is 0 Å². The smallest absolute Gasteiger partial charge is 0.305 e. The number of aliphatic hydroxyl groups is 1. The molecule has 0 amide bonds. The van der Waals surface area contributed by atoms with Gasteiger partial charge in [0.2, 0.25) is 0 Å². The number of carbonyl (C=O) groups excluding carboxylic acids is 1. The number of allylic oxidation sites excluding steroid dienone is 1. The van der Waals surface area contributed by atoms with Gasteiger partial charge in [0, 0.05) is 11.8 Å². The lowest BCUT2D eigenvalue weighted by Gasteiger charge is -2.59. The van der Waals surface area contributed by atoms with E-state index in [1.807, 2.05) is 6.92 Å². The van der Waals surface area contributed by atoms with Gasteiger partial charge in [-0.25, -0.2) is 0 Å². The van der Waals surface area contributed by atoms with Crippen LogP contribution in [-0.2, 0) is 9.53 Å². The number of esters is 1. The second-order valence-corrected chi connectivity index (χ2v) is 11.1. The fourth-order valence-corrected chi connectivity index (χ4v) is 8.47. The SMILES string of the molecule is CCOC(=O)CC[C@H](C)[C@@H]1CC[C@@H]2[C@H]3CC=C4CCC[C@H](O)[C@]4(C)[C@@H]3CC[C@]21C. The molecule has 8 atom stereocenters. The molecule has 3 fully saturated rings. The fraction of sp³-hybridized carbons (Fsp3) is 0.885. The van der Waals surface area contributed by atoms with Crippen LogP contribution in [0.25, 0.3) is 0 Å². The summed E-state index contributed by atoms with van der Waals surface area (Å²) in [6.07, 6.45) is 13.7. The lowest BCUT2D eigenvalue weighted by atomic mass is 9.46. The molecule has 0 aromatic carbocycles. The Morgan fingerprint density at radius 2 is 2.03 bits per heavy atom. The minimum Gasteiger partial charge on any atom is -0.466 e. The Labute approximate surface area is 177 Å². The highest BCUT2D eigenvalue weighted by Crippen LogP contribution is 2.67. The molecule has 1 N–H and O–H groups in total. The Morgan fingerprint density at radius 3 is 2.79 bits per heavy atom. The Bertz CT molecular complexity index is 654. The molecule has 0 unspecified atom stereocenters. The Balaban J connectivity index is 1.50. The third-order valence-electron chi connectivity index (χ3n) is 10.0. The highest BCUT2D eigenvalue weighted by atomic mass is 16.5. The first-order valence-corrected chi connectivity index (χ1v) is 12.4. The maximum absolute atomic E-state index is 11.9. The molecule has 29 heavy (non-hydrogen) atoms. The van der Waals surface area contributed by atoms with Crippen LogP contribution in [0.1, 0.15) is 91.9 Å². The normalized spacial score (nSPS) is 44.9. The zero-order valence-corrected chi connectivity index (χ0v) is 19.1. The summed E-state index contributed by atoms with van der Waals surface area (Å²) in [5.74, 6) is 3.43. The summed E-state index contributed by atoms with van der Waals surface area (Å²) in [5.41, 5.74) is 1.99. The molecule has 0 aliphatic heterocycles. The van der Waals surface area contributed by atoms with Crippen molar-refractivity contribution in [3.63, 3.8) is 0 Å². The first kappa shape index (κ1) is 21.4. The van der Waals surface area contributed by atoms with E-state index in [1.54, 1.807) is 5.57 Å². The van der Waals surface area contributed by atoms with Gasteiger partial charge in [0.1, 0.15) is 0 Å². The van der Waals surface area contributed by atoms with Crippen LogP contribution in [-0.4, -0.2) is 23.8 Å². The quantitative estimate of drug-likeness (QED) is 0.459. The summed E-state index contributed by atoms with van der Waals surface area (Å²) in [6, 6.07) is 0. The molecule has 0 aromatic rings. The number of carbonyl (C=O) groups is 1. The van der Waals surface area contributed by atoms with Gasteiger partial charge in [-0.3, -0.25) is 4.79 Å². The zero-order chi connectivity index (χ0) is 20.8. The van der Waals surface area contributed by atoms with Gasteiger partial charge in [0.25, 0.3) is 0 Å².